The molecule has 26 heavy (non-hydrogen) atoms. The van der Waals surface area contributed by atoms with Gasteiger partial charge < -0.3 is 9.73 Å². The Labute approximate surface area is 163 Å². The molecule has 0 aliphatic rings. The predicted molar refractivity (Wildman–Crippen MR) is 100 cm³/mol. The smallest absolute Gasteiger partial charge is 0.224 e. The van der Waals surface area contributed by atoms with Crippen molar-refractivity contribution in [1.82, 2.24) is 4.98 Å². The van der Waals surface area contributed by atoms with Crippen LogP contribution in [0.1, 0.15) is 12.3 Å². The Hall–Kier alpha value is -2.08. The highest BCUT2D eigenvalue weighted by Crippen LogP contribution is 2.31. The van der Waals surface area contributed by atoms with Crippen LogP contribution in [0.3, 0.4) is 0 Å². The molecule has 2 aromatic carbocycles. The summed E-state index contributed by atoms with van der Waals surface area (Å²) in [5.41, 5.74) is 1.01. The van der Waals surface area contributed by atoms with Crippen molar-refractivity contribution < 1.29 is 13.6 Å². The van der Waals surface area contributed by atoms with Crippen molar-refractivity contribution >= 4 is 46.4 Å². The molecule has 0 spiro atoms. The number of carbonyl (C=O) groups is 1. The minimum absolute atomic E-state index is 0.127. The van der Waals surface area contributed by atoms with Gasteiger partial charge in [0, 0.05) is 23.4 Å². The van der Waals surface area contributed by atoms with Gasteiger partial charge in [0.05, 0.1) is 21.9 Å². The van der Waals surface area contributed by atoms with Crippen molar-refractivity contribution in [1.29, 1.82) is 0 Å². The first-order valence-corrected chi connectivity index (χ1v) is 8.71. The van der Waals surface area contributed by atoms with Crippen LogP contribution in [0.25, 0.3) is 11.3 Å². The standard InChI is InChI=1S/C18H12Cl3FN2O2/c19-10-1-3-12(13(20)7-10)16-9-23-18(26-16)6-5-17(25)24-15-4-2-11(22)8-14(15)21/h1-4,7-9H,5-6H2,(H,24,25). The molecule has 1 aromatic heterocycles. The second-order valence-electron chi connectivity index (χ2n) is 5.41. The van der Waals surface area contributed by atoms with E-state index in [1.165, 1.54) is 12.1 Å². The van der Waals surface area contributed by atoms with Crippen molar-refractivity contribution in [2.24, 2.45) is 0 Å². The van der Waals surface area contributed by atoms with E-state index in [2.05, 4.69) is 10.3 Å². The van der Waals surface area contributed by atoms with Crippen LogP contribution in [0.4, 0.5) is 10.1 Å². The monoisotopic (exact) mass is 412 g/mol. The third-order valence-electron chi connectivity index (χ3n) is 3.52. The van der Waals surface area contributed by atoms with Crippen LogP contribution in [0.5, 0.6) is 0 Å². The summed E-state index contributed by atoms with van der Waals surface area (Å²) in [5.74, 6) is 0.124. The van der Waals surface area contributed by atoms with Gasteiger partial charge in [-0.15, -0.1) is 0 Å². The van der Waals surface area contributed by atoms with E-state index in [1.807, 2.05) is 0 Å². The summed E-state index contributed by atoms with van der Waals surface area (Å²) in [5, 5.41) is 3.72. The summed E-state index contributed by atoms with van der Waals surface area (Å²) in [4.78, 5) is 16.2. The maximum atomic E-state index is 13.0. The number of aromatic nitrogens is 1. The third kappa shape index (κ3) is 4.55. The number of oxazole rings is 1. The van der Waals surface area contributed by atoms with E-state index in [4.69, 9.17) is 39.2 Å². The molecule has 0 atom stereocenters. The summed E-state index contributed by atoms with van der Waals surface area (Å²) in [6, 6.07) is 8.80. The average Bonchev–Trinajstić information content (AvgIpc) is 3.04. The number of carbonyl (C=O) groups excluding carboxylic acids is 1. The lowest BCUT2D eigenvalue weighted by Crippen LogP contribution is -2.12. The van der Waals surface area contributed by atoms with Crippen LogP contribution in [-0.4, -0.2) is 10.9 Å². The minimum Gasteiger partial charge on any atom is -0.441 e. The lowest BCUT2D eigenvalue weighted by molar-refractivity contribution is -0.116. The zero-order valence-corrected chi connectivity index (χ0v) is 15.5. The Kier molecular flexibility index (Phi) is 5.81. The number of nitrogens with zero attached hydrogens (tertiary/aromatic N) is 1. The quantitative estimate of drug-likeness (QED) is 0.557. The molecular formula is C18H12Cl3FN2O2. The number of hydrogen-bond donors (Lipinski definition) is 1. The van der Waals surface area contributed by atoms with Crippen molar-refractivity contribution in [3.63, 3.8) is 0 Å². The van der Waals surface area contributed by atoms with Gasteiger partial charge in [-0.05, 0) is 36.4 Å². The number of rotatable bonds is 5. The molecule has 1 N–H and O–H groups in total. The van der Waals surface area contributed by atoms with Crippen LogP contribution in [-0.2, 0) is 11.2 Å². The lowest BCUT2D eigenvalue weighted by Gasteiger charge is -2.06. The molecule has 0 aliphatic carbocycles. The van der Waals surface area contributed by atoms with Gasteiger partial charge in [-0.2, -0.15) is 0 Å². The van der Waals surface area contributed by atoms with E-state index in [0.717, 1.165) is 6.07 Å². The van der Waals surface area contributed by atoms with Gasteiger partial charge in [0.15, 0.2) is 11.7 Å². The number of benzene rings is 2. The number of anilines is 1. The molecule has 4 nitrogen and oxygen atoms in total. The summed E-state index contributed by atoms with van der Waals surface area (Å²) in [6.07, 6.45) is 1.96. The topological polar surface area (TPSA) is 55.1 Å². The van der Waals surface area contributed by atoms with Crippen LogP contribution in [0.2, 0.25) is 15.1 Å². The number of nitrogens with one attached hydrogen (secondary N) is 1. The van der Waals surface area contributed by atoms with Gasteiger partial charge >= 0.3 is 0 Å². The molecule has 0 aliphatic heterocycles. The van der Waals surface area contributed by atoms with E-state index in [1.54, 1.807) is 24.4 Å². The first-order chi connectivity index (χ1) is 12.4. The summed E-state index contributed by atoms with van der Waals surface area (Å²) >= 11 is 17.9. The molecule has 3 rings (SSSR count). The summed E-state index contributed by atoms with van der Waals surface area (Å²) in [7, 11) is 0. The van der Waals surface area contributed by atoms with E-state index in [9.17, 15) is 9.18 Å². The van der Waals surface area contributed by atoms with Gasteiger partial charge in [-0.3, -0.25) is 4.79 Å². The van der Waals surface area contributed by atoms with Gasteiger partial charge in [0.2, 0.25) is 5.91 Å². The molecule has 0 saturated heterocycles. The Balaban J connectivity index is 1.61. The summed E-state index contributed by atoms with van der Waals surface area (Å²) < 4.78 is 18.6. The summed E-state index contributed by atoms with van der Waals surface area (Å²) in [6.45, 7) is 0. The number of aryl methyl sites for hydroxylation is 1. The molecular weight excluding hydrogens is 402 g/mol. The molecule has 8 heteroatoms. The Morgan fingerprint density at radius 3 is 2.65 bits per heavy atom. The van der Waals surface area contributed by atoms with Crippen molar-refractivity contribution in [3.8, 4) is 11.3 Å². The SMILES string of the molecule is O=C(CCc1ncc(-c2ccc(Cl)cc2Cl)o1)Nc1ccc(F)cc1Cl. The van der Waals surface area contributed by atoms with Crippen LogP contribution >= 0.6 is 34.8 Å². The van der Waals surface area contributed by atoms with Crippen LogP contribution in [0, 0.1) is 5.82 Å². The Morgan fingerprint density at radius 2 is 1.92 bits per heavy atom. The highest BCUT2D eigenvalue weighted by Gasteiger charge is 2.13. The number of halogens is 4. The molecule has 0 fully saturated rings. The minimum atomic E-state index is -0.471. The zero-order valence-electron chi connectivity index (χ0n) is 13.2. The Morgan fingerprint density at radius 1 is 1.12 bits per heavy atom. The fourth-order valence-electron chi connectivity index (χ4n) is 2.26. The molecule has 3 aromatic rings. The van der Waals surface area contributed by atoms with E-state index in [-0.39, 0.29) is 23.8 Å². The van der Waals surface area contributed by atoms with Crippen LogP contribution in [0.15, 0.2) is 47.0 Å². The molecule has 1 amide bonds. The Bertz CT molecular complexity index is 959. The molecule has 134 valence electrons. The fourth-order valence-corrected chi connectivity index (χ4v) is 2.98. The number of amides is 1. The highest BCUT2D eigenvalue weighted by atomic mass is 35.5. The first-order valence-electron chi connectivity index (χ1n) is 7.57. The normalized spacial score (nSPS) is 10.8. The maximum Gasteiger partial charge on any atom is 0.224 e. The highest BCUT2D eigenvalue weighted by molar-refractivity contribution is 6.36. The largest absolute Gasteiger partial charge is 0.441 e. The van der Waals surface area contributed by atoms with Crippen molar-refractivity contribution in [3.05, 3.63) is 69.4 Å². The second kappa shape index (κ2) is 8.08. The number of hydrogen-bond acceptors (Lipinski definition) is 3. The van der Waals surface area contributed by atoms with Crippen molar-refractivity contribution in [2.75, 3.05) is 5.32 Å². The van der Waals surface area contributed by atoms with E-state index < -0.39 is 5.82 Å². The van der Waals surface area contributed by atoms with Gasteiger partial charge in [0.1, 0.15) is 5.82 Å². The lowest BCUT2D eigenvalue weighted by atomic mass is 10.2. The molecule has 0 unspecified atom stereocenters. The van der Waals surface area contributed by atoms with Crippen molar-refractivity contribution in [2.45, 2.75) is 12.8 Å². The molecule has 0 radical (unpaired) electrons. The molecule has 1 heterocycles. The zero-order chi connectivity index (χ0) is 18.7. The molecule has 0 bridgehead atoms. The predicted octanol–water partition coefficient (Wildman–Crippen LogP) is 6.01. The van der Waals surface area contributed by atoms with Crippen LogP contribution < -0.4 is 5.32 Å². The van der Waals surface area contributed by atoms with Gasteiger partial charge in [0.25, 0.3) is 0 Å². The maximum absolute atomic E-state index is 13.0. The average molecular weight is 414 g/mol. The third-order valence-corrected chi connectivity index (χ3v) is 4.38. The van der Waals surface area contributed by atoms with E-state index >= 15 is 0 Å². The van der Waals surface area contributed by atoms with E-state index in [0.29, 0.717) is 32.9 Å². The second-order valence-corrected chi connectivity index (χ2v) is 6.67. The van der Waals surface area contributed by atoms with Gasteiger partial charge in [-0.25, -0.2) is 9.37 Å². The molecule has 0 saturated carbocycles. The first kappa shape index (κ1) is 18.7. The fraction of sp³-hybridized carbons (Fsp3) is 0.111. The van der Waals surface area contributed by atoms with Gasteiger partial charge in [-0.1, -0.05) is 34.8 Å².